The highest BCUT2D eigenvalue weighted by molar-refractivity contribution is 7.92. The van der Waals surface area contributed by atoms with Crippen molar-refractivity contribution in [1.82, 2.24) is 10.2 Å². The third-order valence-corrected chi connectivity index (χ3v) is 4.41. The highest BCUT2D eigenvalue weighted by atomic mass is 32.2. The Bertz CT molecular complexity index is 729. The summed E-state index contributed by atoms with van der Waals surface area (Å²) in [5, 5.41) is 10.1. The first-order valence-corrected chi connectivity index (χ1v) is 8.70. The number of para-hydroxylation sites is 1. The second-order valence-electron chi connectivity index (χ2n) is 4.35. The molecule has 2 aromatic rings. The van der Waals surface area contributed by atoms with Crippen LogP contribution in [0, 0.1) is 6.92 Å². The van der Waals surface area contributed by atoms with Gasteiger partial charge in [0.2, 0.25) is 21.1 Å². The zero-order valence-electron chi connectivity index (χ0n) is 11.5. The third-order valence-electron chi connectivity index (χ3n) is 2.68. The summed E-state index contributed by atoms with van der Waals surface area (Å²) in [5.41, 5.74) is 2.73. The number of carbonyl (C=O) groups excluding carboxylic acids is 1. The number of nitrogens with one attached hydrogen (secondary N) is 1. The third kappa shape index (κ3) is 3.99. The SMILES string of the molecule is Cc1ccccc1N(CC(=O)Nc1nncs1)S(C)(=O)=O. The van der Waals surface area contributed by atoms with Crippen molar-refractivity contribution in [2.24, 2.45) is 0 Å². The van der Waals surface area contributed by atoms with Gasteiger partial charge in [0.1, 0.15) is 12.1 Å². The largest absolute Gasteiger partial charge is 0.299 e. The van der Waals surface area contributed by atoms with E-state index in [0.717, 1.165) is 27.5 Å². The molecule has 0 spiro atoms. The van der Waals surface area contributed by atoms with Crippen molar-refractivity contribution >= 4 is 38.1 Å². The summed E-state index contributed by atoms with van der Waals surface area (Å²) in [6, 6.07) is 6.98. The van der Waals surface area contributed by atoms with Gasteiger partial charge in [-0.3, -0.25) is 14.4 Å². The Kier molecular flexibility index (Phi) is 4.53. The molecule has 0 saturated carbocycles. The van der Waals surface area contributed by atoms with Crippen LogP contribution >= 0.6 is 11.3 Å². The molecule has 0 atom stereocenters. The maximum atomic E-state index is 12.0. The highest BCUT2D eigenvalue weighted by Crippen LogP contribution is 2.22. The van der Waals surface area contributed by atoms with Crippen molar-refractivity contribution in [1.29, 1.82) is 0 Å². The number of hydrogen-bond acceptors (Lipinski definition) is 6. The molecule has 1 N–H and O–H groups in total. The van der Waals surface area contributed by atoms with Gasteiger partial charge in [-0.1, -0.05) is 29.5 Å². The molecule has 1 amide bonds. The van der Waals surface area contributed by atoms with E-state index in [2.05, 4.69) is 15.5 Å². The fraction of sp³-hybridized carbons (Fsp3) is 0.250. The molecule has 0 aliphatic rings. The Balaban J connectivity index is 2.22. The average Bonchev–Trinajstić information content (AvgIpc) is 2.88. The summed E-state index contributed by atoms with van der Waals surface area (Å²) >= 11 is 1.16. The van der Waals surface area contributed by atoms with Gasteiger partial charge in [0.25, 0.3) is 0 Å². The van der Waals surface area contributed by atoms with Gasteiger partial charge in [-0.25, -0.2) is 8.42 Å². The Morgan fingerprint density at radius 2 is 2.10 bits per heavy atom. The molecule has 21 heavy (non-hydrogen) atoms. The van der Waals surface area contributed by atoms with E-state index >= 15 is 0 Å². The lowest BCUT2D eigenvalue weighted by atomic mass is 10.2. The fourth-order valence-corrected chi connectivity index (χ4v) is 3.12. The van der Waals surface area contributed by atoms with Gasteiger partial charge in [-0.15, -0.1) is 10.2 Å². The van der Waals surface area contributed by atoms with Crippen molar-refractivity contribution in [3.63, 3.8) is 0 Å². The second-order valence-corrected chi connectivity index (χ2v) is 7.09. The van der Waals surface area contributed by atoms with Crippen molar-refractivity contribution in [3.8, 4) is 0 Å². The number of anilines is 2. The van der Waals surface area contributed by atoms with Crippen molar-refractivity contribution in [2.75, 3.05) is 22.4 Å². The van der Waals surface area contributed by atoms with Gasteiger partial charge in [0.15, 0.2) is 0 Å². The molecule has 0 saturated heterocycles. The number of benzene rings is 1. The summed E-state index contributed by atoms with van der Waals surface area (Å²) in [4.78, 5) is 12.0. The van der Waals surface area contributed by atoms with Gasteiger partial charge in [0, 0.05) is 0 Å². The minimum absolute atomic E-state index is 0.316. The monoisotopic (exact) mass is 326 g/mol. The molecule has 7 nitrogen and oxygen atoms in total. The standard InChI is InChI=1S/C12H14N4O3S2/c1-9-5-3-4-6-10(9)16(21(2,18)19)7-11(17)14-12-15-13-8-20-12/h3-6,8H,7H2,1-2H3,(H,14,15,17). The van der Waals surface area contributed by atoms with Crippen LogP contribution in [0.1, 0.15) is 5.56 Å². The molecule has 0 bridgehead atoms. The van der Waals surface area contributed by atoms with Gasteiger partial charge in [0.05, 0.1) is 11.9 Å². The number of sulfonamides is 1. The predicted molar refractivity (Wildman–Crippen MR) is 81.9 cm³/mol. The van der Waals surface area contributed by atoms with Crippen LogP contribution in [-0.4, -0.2) is 37.3 Å². The summed E-state index contributed by atoms with van der Waals surface area (Å²) in [6.45, 7) is 1.47. The molecule has 1 aromatic heterocycles. The molecule has 0 unspecified atom stereocenters. The molecule has 2 rings (SSSR count). The summed E-state index contributed by atoms with van der Waals surface area (Å²) in [6.07, 6.45) is 1.07. The van der Waals surface area contributed by atoms with Crippen LogP contribution < -0.4 is 9.62 Å². The fourth-order valence-electron chi connectivity index (χ4n) is 1.74. The molecular weight excluding hydrogens is 312 g/mol. The minimum Gasteiger partial charge on any atom is -0.299 e. The van der Waals surface area contributed by atoms with E-state index in [1.54, 1.807) is 31.2 Å². The predicted octanol–water partition coefficient (Wildman–Crippen LogP) is 1.25. The van der Waals surface area contributed by atoms with Crippen LogP contribution in [0.2, 0.25) is 0 Å². The zero-order chi connectivity index (χ0) is 15.5. The number of nitrogens with zero attached hydrogens (tertiary/aromatic N) is 3. The lowest BCUT2D eigenvalue weighted by Gasteiger charge is -2.23. The molecule has 0 fully saturated rings. The van der Waals surface area contributed by atoms with E-state index in [4.69, 9.17) is 0 Å². The number of carbonyl (C=O) groups is 1. The zero-order valence-corrected chi connectivity index (χ0v) is 13.1. The lowest BCUT2D eigenvalue weighted by molar-refractivity contribution is -0.114. The first-order valence-electron chi connectivity index (χ1n) is 5.97. The minimum atomic E-state index is -3.57. The molecule has 112 valence electrons. The number of aromatic nitrogens is 2. The van der Waals surface area contributed by atoms with E-state index in [1.165, 1.54) is 5.51 Å². The first kappa shape index (κ1) is 15.4. The molecule has 1 aromatic carbocycles. The van der Waals surface area contributed by atoms with Crippen molar-refractivity contribution < 1.29 is 13.2 Å². The quantitative estimate of drug-likeness (QED) is 0.893. The van der Waals surface area contributed by atoms with Crippen LogP contribution in [0.25, 0.3) is 0 Å². The van der Waals surface area contributed by atoms with Gasteiger partial charge in [-0.05, 0) is 18.6 Å². The molecule has 0 aliphatic heterocycles. The van der Waals surface area contributed by atoms with Gasteiger partial charge < -0.3 is 0 Å². The number of aryl methyl sites for hydroxylation is 1. The number of amides is 1. The van der Waals surface area contributed by atoms with Crippen LogP contribution in [0.5, 0.6) is 0 Å². The van der Waals surface area contributed by atoms with E-state index in [-0.39, 0.29) is 6.54 Å². The van der Waals surface area contributed by atoms with Crippen LogP contribution in [0.15, 0.2) is 29.8 Å². The maximum Gasteiger partial charge on any atom is 0.246 e. The Hall–Kier alpha value is -2.00. The molecule has 1 heterocycles. The van der Waals surface area contributed by atoms with E-state index in [0.29, 0.717) is 10.8 Å². The van der Waals surface area contributed by atoms with E-state index < -0.39 is 15.9 Å². The number of hydrogen-bond donors (Lipinski definition) is 1. The normalized spacial score (nSPS) is 11.1. The maximum absolute atomic E-state index is 12.0. The topological polar surface area (TPSA) is 92.3 Å². The van der Waals surface area contributed by atoms with Crippen LogP contribution in [0.4, 0.5) is 10.8 Å². The molecule has 9 heteroatoms. The summed E-state index contributed by atoms with van der Waals surface area (Å²) < 4.78 is 25.0. The Morgan fingerprint density at radius 3 is 2.67 bits per heavy atom. The Morgan fingerprint density at radius 1 is 1.38 bits per heavy atom. The van der Waals surface area contributed by atoms with Crippen molar-refractivity contribution in [3.05, 3.63) is 35.3 Å². The first-order chi connectivity index (χ1) is 9.88. The number of rotatable bonds is 5. The van der Waals surface area contributed by atoms with E-state index in [1.807, 2.05) is 0 Å². The summed E-state index contributed by atoms with van der Waals surface area (Å²) in [5.74, 6) is -0.472. The smallest absolute Gasteiger partial charge is 0.246 e. The van der Waals surface area contributed by atoms with Crippen molar-refractivity contribution in [2.45, 2.75) is 6.92 Å². The summed E-state index contributed by atoms with van der Waals surface area (Å²) in [7, 11) is -3.57. The molecular formula is C12H14N4O3S2. The second kappa shape index (κ2) is 6.19. The highest BCUT2D eigenvalue weighted by Gasteiger charge is 2.22. The van der Waals surface area contributed by atoms with Gasteiger partial charge >= 0.3 is 0 Å². The van der Waals surface area contributed by atoms with Gasteiger partial charge in [-0.2, -0.15) is 0 Å². The molecule has 0 radical (unpaired) electrons. The molecule has 0 aliphatic carbocycles. The Labute approximate surface area is 126 Å². The van der Waals surface area contributed by atoms with E-state index in [9.17, 15) is 13.2 Å². The lowest BCUT2D eigenvalue weighted by Crippen LogP contribution is -2.37. The van der Waals surface area contributed by atoms with Crippen LogP contribution in [0.3, 0.4) is 0 Å². The van der Waals surface area contributed by atoms with Crippen LogP contribution in [-0.2, 0) is 14.8 Å². The average molecular weight is 326 g/mol.